The summed E-state index contributed by atoms with van der Waals surface area (Å²) in [4.78, 5) is 14.5. The predicted octanol–water partition coefficient (Wildman–Crippen LogP) is 3.09. The maximum Gasteiger partial charge on any atom is 0.233 e. The Morgan fingerprint density at radius 3 is 2.71 bits per heavy atom. The minimum absolute atomic E-state index is 0.217. The molecule has 21 heavy (non-hydrogen) atoms. The van der Waals surface area contributed by atoms with Crippen molar-refractivity contribution in [1.82, 2.24) is 4.90 Å². The molecule has 1 aromatic rings. The Morgan fingerprint density at radius 1 is 1.33 bits per heavy atom. The van der Waals surface area contributed by atoms with Gasteiger partial charge in [-0.25, -0.2) is 0 Å². The largest absolute Gasteiger partial charge is 0.393 e. The number of piperidine rings is 1. The average Bonchev–Trinajstić information content (AvgIpc) is 2.71. The molecule has 2 heterocycles. The van der Waals surface area contributed by atoms with E-state index in [0.717, 1.165) is 42.0 Å². The lowest BCUT2D eigenvalue weighted by atomic mass is 10.00. The SMILES string of the molecule is O=C(CSCc1cccc(Cl)c1)N1C2CCC1CC(O)C2. The summed E-state index contributed by atoms with van der Waals surface area (Å²) in [7, 11) is 0. The summed E-state index contributed by atoms with van der Waals surface area (Å²) in [5.74, 6) is 1.54. The molecule has 0 saturated carbocycles. The highest BCUT2D eigenvalue weighted by Gasteiger charge is 2.42. The average molecular weight is 326 g/mol. The molecule has 1 N–H and O–H groups in total. The third-order valence-electron chi connectivity index (χ3n) is 4.38. The van der Waals surface area contributed by atoms with Gasteiger partial charge in [-0.3, -0.25) is 4.79 Å². The molecule has 0 aliphatic carbocycles. The van der Waals surface area contributed by atoms with E-state index in [1.54, 1.807) is 11.8 Å². The monoisotopic (exact) mass is 325 g/mol. The second-order valence-electron chi connectivity index (χ2n) is 5.93. The van der Waals surface area contributed by atoms with Crippen LogP contribution in [-0.4, -0.2) is 39.9 Å². The number of fused-ring (bicyclic) bond motifs is 2. The first-order valence-corrected chi connectivity index (χ1v) is 8.98. The minimum atomic E-state index is -0.217. The van der Waals surface area contributed by atoms with Gasteiger partial charge in [-0.05, 0) is 43.4 Å². The number of benzene rings is 1. The van der Waals surface area contributed by atoms with E-state index in [2.05, 4.69) is 0 Å². The van der Waals surface area contributed by atoms with Gasteiger partial charge >= 0.3 is 0 Å². The lowest BCUT2D eigenvalue weighted by molar-refractivity contribution is -0.134. The van der Waals surface area contributed by atoms with Crippen molar-refractivity contribution in [3.63, 3.8) is 0 Å². The summed E-state index contributed by atoms with van der Waals surface area (Å²) in [5, 5.41) is 10.5. The van der Waals surface area contributed by atoms with E-state index < -0.39 is 0 Å². The zero-order chi connectivity index (χ0) is 14.8. The van der Waals surface area contributed by atoms with Crippen LogP contribution in [-0.2, 0) is 10.5 Å². The van der Waals surface area contributed by atoms with Gasteiger partial charge in [-0.15, -0.1) is 11.8 Å². The standard InChI is InChI=1S/C16H20ClNO2S/c17-12-3-1-2-11(6-12)9-21-10-16(20)18-13-4-5-14(18)8-15(19)7-13/h1-3,6,13-15,19H,4-5,7-10H2. The van der Waals surface area contributed by atoms with Crippen LogP contribution < -0.4 is 0 Å². The highest BCUT2D eigenvalue weighted by molar-refractivity contribution is 7.99. The third-order valence-corrected chi connectivity index (χ3v) is 5.60. The van der Waals surface area contributed by atoms with Crippen molar-refractivity contribution >= 4 is 29.3 Å². The molecule has 3 nitrogen and oxygen atoms in total. The number of halogens is 1. The van der Waals surface area contributed by atoms with E-state index in [9.17, 15) is 9.90 Å². The molecule has 114 valence electrons. The van der Waals surface area contributed by atoms with Gasteiger partial charge in [0, 0.05) is 22.9 Å². The van der Waals surface area contributed by atoms with Gasteiger partial charge in [0.15, 0.2) is 0 Å². The van der Waals surface area contributed by atoms with Crippen LogP contribution in [0.15, 0.2) is 24.3 Å². The Bertz CT molecular complexity index is 511. The number of aliphatic hydroxyl groups is 1. The Balaban J connectivity index is 1.51. The van der Waals surface area contributed by atoms with E-state index in [-0.39, 0.29) is 24.1 Å². The Kier molecular flexibility index (Phi) is 4.77. The zero-order valence-corrected chi connectivity index (χ0v) is 13.4. The van der Waals surface area contributed by atoms with Crippen molar-refractivity contribution in [1.29, 1.82) is 0 Å². The molecule has 2 aliphatic rings. The van der Waals surface area contributed by atoms with Gasteiger partial charge in [0.25, 0.3) is 0 Å². The van der Waals surface area contributed by atoms with Crippen LogP contribution in [0.3, 0.4) is 0 Å². The molecular formula is C16H20ClNO2S. The number of carbonyl (C=O) groups excluding carboxylic acids is 1. The highest BCUT2D eigenvalue weighted by atomic mass is 35.5. The fourth-order valence-corrected chi connectivity index (χ4v) is 4.57. The van der Waals surface area contributed by atoms with Crippen molar-refractivity contribution < 1.29 is 9.90 Å². The number of carbonyl (C=O) groups is 1. The summed E-state index contributed by atoms with van der Waals surface area (Å²) >= 11 is 7.60. The fraction of sp³-hybridized carbons (Fsp3) is 0.562. The maximum atomic E-state index is 12.4. The second kappa shape index (κ2) is 6.59. The zero-order valence-electron chi connectivity index (χ0n) is 11.9. The Hall–Kier alpha value is -0.710. The first-order valence-electron chi connectivity index (χ1n) is 7.45. The molecule has 5 heteroatoms. The number of aliphatic hydroxyl groups excluding tert-OH is 1. The smallest absolute Gasteiger partial charge is 0.233 e. The van der Waals surface area contributed by atoms with E-state index in [1.165, 1.54) is 0 Å². The van der Waals surface area contributed by atoms with Gasteiger partial charge in [0.1, 0.15) is 0 Å². The van der Waals surface area contributed by atoms with Crippen molar-refractivity contribution in [3.05, 3.63) is 34.9 Å². The van der Waals surface area contributed by atoms with Crippen LogP contribution in [0.5, 0.6) is 0 Å². The van der Waals surface area contributed by atoms with Crippen LogP contribution in [0.2, 0.25) is 5.02 Å². The lowest BCUT2D eigenvalue weighted by Crippen LogP contribution is -2.48. The molecule has 0 spiro atoms. The Labute approximate surface area is 134 Å². The lowest BCUT2D eigenvalue weighted by Gasteiger charge is -2.37. The van der Waals surface area contributed by atoms with Gasteiger partial charge < -0.3 is 10.0 Å². The summed E-state index contributed by atoms with van der Waals surface area (Å²) in [6.07, 6.45) is 3.38. The molecule has 2 bridgehead atoms. The normalized spacial score (nSPS) is 27.9. The van der Waals surface area contributed by atoms with E-state index in [4.69, 9.17) is 11.6 Å². The van der Waals surface area contributed by atoms with Gasteiger partial charge in [0.05, 0.1) is 11.9 Å². The summed E-state index contributed by atoms with van der Waals surface area (Å²) in [6, 6.07) is 8.30. The van der Waals surface area contributed by atoms with E-state index in [0.29, 0.717) is 5.75 Å². The minimum Gasteiger partial charge on any atom is -0.393 e. The van der Waals surface area contributed by atoms with E-state index in [1.807, 2.05) is 29.2 Å². The Morgan fingerprint density at radius 2 is 2.05 bits per heavy atom. The summed E-state index contributed by atoms with van der Waals surface area (Å²) in [5.41, 5.74) is 1.15. The molecule has 2 unspecified atom stereocenters. The molecule has 3 rings (SSSR count). The summed E-state index contributed by atoms with van der Waals surface area (Å²) in [6.45, 7) is 0. The van der Waals surface area contributed by atoms with Crippen LogP contribution in [0.4, 0.5) is 0 Å². The molecule has 0 radical (unpaired) electrons. The van der Waals surface area contributed by atoms with Gasteiger partial charge in [0.2, 0.25) is 5.91 Å². The highest BCUT2D eigenvalue weighted by Crippen LogP contribution is 2.36. The number of thioether (sulfide) groups is 1. The number of amides is 1. The van der Waals surface area contributed by atoms with Crippen molar-refractivity contribution in [2.75, 3.05) is 5.75 Å². The molecule has 1 aromatic carbocycles. The predicted molar refractivity (Wildman–Crippen MR) is 86.5 cm³/mol. The first kappa shape index (κ1) is 15.2. The van der Waals surface area contributed by atoms with Crippen LogP contribution >= 0.6 is 23.4 Å². The van der Waals surface area contributed by atoms with E-state index >= 15 is 0 Å². The molecule has 2 atom stereocenters. The molecular weight excluding hydrogens is 306 g/mol. The summed E-state index contributed by atoms with van der Waals surface area (Å²) < 4.78 is 0. The third kappa shape index (κ3) is 3.55. The number of nitrogens with zero attached hydrogens (tertiary/aromatic N) is 1. The first-order chi connectivity index (χ1) is 10.1. The van der Waals surface area contributed by atoms with Crippen LogP contribution in [0.1, 0.15) is 31.2 Å². The number of rotatable bonds is 4. The maximum absolute atomic E-state index is 12.4. The number of hydrogen-bond donors (Lipinski definition) is 1. The molecule has 1 amide bonds. The van der Waals surface area contributed by atoms with Gasteiger partial charge in [-0.2, -0.15) is 0 Å². The van der Waals surface area contributed by atoms with Crippen LogP contribution in [0, 0.1) is 0 Å². The topological polar surface area (TPSA) is 40.5 Å². The van der Waals surface area contributed by atoms with Crippen LogP contribution in [0.25, 0.3) is 0 Å². The molecule has 0 aromatic heterocycles. The second-order valence-corrected chi connectivity index (χ2v) is 7.36. The van der Waals surface area contributed by atoms with Crippen molar-refractivity contribution in [2.45, 2.75) is 49.6 Å². The van der Waals surface area contributed by atoms with Crippen molar-refractivity contribution in [2.24, 2.45) is 0 Å². The molecule has 2 saturated heterocycles. The van der Waals surface area contributed by atoms with Gasteiger partial charge in [-0.1, -0.05) is 23.7 Å². The number of hydrogen-bond acceptors (Lipinski definition) is 3. The quantitative estimate of drug-likeness (QED) is 0.924. The molecule has 2 aliphatic heterocycles. The fourth-order valence-electron chi connectivity index (χ4n) is 3.51. The van der Waals surface area contributed by atoms with Crippen molar-refractivity contribution in [3.8, 4) is 0 Å². The molecule has 2 fully saturated rings.